The van der Waals surface area contributed by atoms with Crippen LogP contribution in [-0.2, 0) is 4.79 Å². The number of nitrogens with zero attached hydrogens (tertiary/aromatic N) is 1. The van der Waals surface area contributed by atoms with E-state index in [-0.39, 0.29) is 11.4 Å². The number of phenols is 1. The van der Waals surface area contributed by atoms with Gasteiger partial charge in [-0.1, -0.05) is 36.4 Å². The first kappa shape index (κ1) is 20.3. The topological polar surface area (TPSA) is 89.7 Å². The number of nitro groups is 1. The van der Waals surface area contributed by atoms with Crippen molar-refractivity contribution < 1.29 is 19.6 Å². The van der Waals surface area contributed by atoms with Crippen molar-refractivity contribution >= 4 is 33.2 Å². The molecule has 0 aliphatic carbocycles. The maximum Gasteiger partial charge on any atom is 0.316 e. The molecular formula is C25H21NO5. The van der Waals surface area contributed by atoms with Crippen LogP contribution in [-0.4, -0.2) is 16.0 Å². The highest BCUT2D eigenvalue weighted by atomic mass is 16.6. The fourth-order valence-electron chi connectivity index (χ4n) is 3.53. The standard InChI is InChI=1S/C25H21NO5/c1-25(2,3)24(28)31-21-13-9-15-6-4-5-7-18(15)23(21)22-19-11-10-17(26(29)30)14-16(19)8-12-20(22)27/h4-14,27H,1-3H3. The molecule has 0 heterocycles. The van der Waals surface area contributed by atoms with Crippen LogP contribution in [0.5, 0.6) is 11.5 Å². The molecule has 0 spiro atoms. The van der Waals surface area contributed by atoms with Gasteiger partial charge >= 0.3 is 5.97 Å². The minimum Gasteiger partial charge on any atom is -0.507 e. The maximum absolute atomic E-state index is 12.7. The van der Waals surface area contributed by atoms with Crippen LogP contribution in [0.1, 0.15) is 20.8 Å². The lowest BCUT2D eigenvalue weighted by atomic mass is 9.91. The number of carbonyl (C=O) groups excluding carboxylic acids is 1. The number of hydrogen-bond donors (Lipinski definition) is 1. The first-order valence-electron chi connectivity index (χ1n) is 9.81. The number of ether oxygens (including phenoxy) is 1. The second kappa shape index (κ2) is 7.40. The summed E-state index contributed by atoms with van der Waals surface area (Å²) >= 11 is 0. The van der Waals surface area contributed by atoms with Crippen LogP contribution in [0.2, 0.25) is 0 Å². The van der Waals surface area contributed by atoms with Crippen LogP contribution in [0, 0.1) is 15.5 Å². The Morgan fingerprint density at radius 3 is 2.29 bits per heavy atom. The first-order valence-corrected chi connectivity index (χ1v) is 9.81. The zero-order valence-electron chi connectivity index (χ0n) is 17.4. The third kappa shape index (κ3) is 3.68. The minimum atomic E-state index is -0.718. The van der Waals surface area contributed by atoms with Crippen LogP contribution in [0.15, 0.2) is 66.7 Å². The summed E-state index contributed by atoms with van der Waals surface area (Å²) in [6.45, 7) is 5.31. The van der Waals surface area contributed by atoms with Gasteiger partial charge in [0.15, 0.2) is 0 Å². The smallest absolute Gasteiger partial charge is 0.316 e. The Hall–Kier alpha value is -3.93. The highest BCUT2D eigenvalue weighted by molar-refractivity contribution is 6.10. The van der Waals surface area contributed by atoms with Crippen molar-refractivity contribution in [3.8, 4) is 22.6 Å². The van der Waals surface area contributed by atoms with Crippen molar-refractivity contribution in [2.24, 2.45) is 5.41 Å². The monoisotopic (exact) mass is 415 g/mol. The molecule has 0 aliphatic rings. The number of rotatable bonds is 3. The fourth-order valence-corrected chi connectivity index (χ4v) is 3.53. The van der Waals surface area contributed by atoms with Gasteiger partial charge in [-0.2, -0.15) is 0 Å². The normalized spacial score (nSPS) is 11.6. The average Bonchev–Trinajstić information content (AvgIpc) is 2.73. The Bertz CT molecular complexity index is 1350. The largest absolute Gasteiger partial charge is 0.507 e. The molecule has 156 valence electrons. The summed E-state index contributed by atoms with van der Waals surface area (Å²) in [4.78, 5) is 23.4. The summed E-state index contributed by atoms with van der Waals surface area (Å²) < 4.78 is 5.78. The number of non-ortho nitro benzene ring substituents is 1. The van der Waals surface area contributed by atoms with E-state index in [1.807, 2.05) is 30.3 Å². The molecule has 0 radical (unpaired) electrons. The van der Waals surface area contributed by atoms with Crippen molar-refractivity contribution in [1.29, 1.82) is 0 Å². The van der Waals surface area contributed by atoms with E-state index in [4.69, 9.17) is 4.74 Å². The molecule has 0 amide bonds. The summed E-state index contributed by atoms with van der Waals surface area (Å²) in [6, 6.07) is 18.8. The van der Waals surface area contributed by atoms with E-state index >= 15 is 0 Å². The second-order valence-electron chi connectivity index (χ2n) is 8.42. The third-order valence-corrected chi connectivity index (χ3v) is 5.15. The Labute approximate surface area is 178 Å². The van der Waals surface area contributed by atoms with Gasteiger partial charge in [0.1, 0.15) is 11.5 Å². The van der Waals surface area contributed by atoms with E-state index in [9.17, 15) is 20.0 Å². The molecule has 0 fully saturated rings. The SMILES string of the molecule is CC(C)(C)C(=O)Oc1ccc2ccccc2c1-c1c(O)ccc2cc([N+](=O)[O-])ccc12. The fraction of sp³-hybridized carbons (Fsp3) is 0.160. The summed E-state index contributed by atoms with van der Waals surface area (Å²) in [5.74, 6) is -0.0927. The summed E-state index contributed by atoms with van der Waals surface area (Å²) in [5, 5.41) is 25.0. The minimum absolute atomic E-state index is 0.00855. The molecule has 4 rings (SSSR count). The van der Waals surface area contributed by atoms with Gasteiger partial charge in [0, 0.05) is 23.3 Å². The quantitative estimate of drug-likeness (QED) is 0.185. The van der Waals surface area contributed by atoms with Crippen molar-refractivity contribution in [3.05, 3.63) is 76.8 Å². The van der Waals surface area contributed by atoms with Crippen LogP contribution >= 0.6 is 0 Å². The molecule has 4 aromatic rings. The van der Waals surface area contributed by atoms with Gasteiger partial charge in [0.25, 0.3) is 5.69 Å². The molecular weight excluding hydrogens is 394 g/mol. The molecule has 31 heavy (non-hydrogen) atoms. The van der Waals surface area contributed by atoms with Crippen molar-refractivity contribution in [2.45, 2.75) is 20.8 Å². The number of esters is 1. The van der Waals surface area contributed by atoms with Gasteiger partial charge in [-0.05, 0) is 60.5 Å². The number of hydrogen-bond acceptors (Lipinski definition) is 5. The lowest BCUT2D eigenvalue weighted by Crippen LogP contribution is -2.25. The van der Waals surface area contributed by atoms with Crippen LogP contribution in [0.3, 0.4) is 0 Å². The lowest BCUT2D eigenvalue weighted by molar-refractivity contribution is -0.384. The van der Waals surface area contributed by atoms with E-state index in [1.54, 1.807) is 39.0 Å². The van der Waals surface area contributed by atoms with Crippen LogP contribution in [0.4, 0.5) is 5.69 Å². The highest BCUT2D eigenvalue weighted by Gasteiger charge is 2.26. The van der Waals surface area contributed by atoms with E-state index in [2.05, 4.69) is 0 Å². The summed E-state index contributed by atoms with van der Waals surface area (Å²) in [6.07, 6.45) is 0. The lowest BCUT2D eigenvalue weighted by Gasteiger charge is -2.20. The zero-order chi connectivity index (χ0) is 22.3. The van der Waals surface area contributed by atoms with E-state index in [0.29, 0.717) is 27.6 Å². The number of fused-ring (bicyclic) bond motifs is 2. The summed E-state index contributed by atoms with van der Waals surface area (Å²) in [7, 11) is 0. The van der Waals surface area contributed by atoms with E-state index < -0.39 is 16.3 Å². The molecule has 0 aliphatic heterocycles. The number of carbonyl (C=O) groups is 1. The van der Waals surface area contributed by atoms with Gasteiger partial charge in [0.05, 0.1) is 10.3 Å². The maximum atomic E-state index is 12.7. The molecule has 0 aromatic heterocycles. The van der Waals surface area contributed by atoms with Gasteiger partial charge in [-0.15, -0.1) is 0 Å². The van der Waals surface area contributed by atoms with Crippen LogP contribution in [0.25, 0.3) is 32.7 Å². The van der Waals surface area contributed by atoms with Gasteiger partial charge in [-0.3, -0.25) is 14.9 Å². The molecule has 6 heteroatoms. The third-order valence-electron chi connectivity index (χ3n) is 5.15. The van der Waals surface area contributed by atoms with Crippen molar-refractivity contribution in [3.63, 3.8) is 0 Å². The molecule has 0 saturated carbocycles. The summed E-state index contributed by atoms with van der Waals surface area (Å²) in [5.41, 5.74) is 0.264. The number of benzene rings is 4. The van der Waals surface area contributed by atoms with Crippen LogP contribution < -0.4 is 4.74 Å². The van der Waals surface area contributed by atoms with Crippen molar-refractivity contribution in [2.75, 3.05) is 0 Å². The Kier molecular flexibility index (Phi) is 4.85. The van der Waals surface area contributed by atoms with Crippen molar-refractivity contribution in [1.82, 2.24) is 0 Å². The zero-order valence-corrected chi connectivity index (χ0v) is 17.4. The Balaban J connectivity index is 2.06. The van der Waals surface area contributed by atoms with E-state index in [0.717, 1.165) is 10.8 Å². The molecule has 0 atom stereocenters. The molecule has 1 N–H and O–H groups in total. The number of aromatic hydroxyl groups is 1. The van der Waals surface area contributed by atoms with E-state index in [1.165, 1.54) is 18.2 Å². The second-order valence-corrected chi connectivity index (χ2v) is 8.42. The molecule has 6 nitrogen and oxygen atoms in total. The van der Waals surface area contributed by atoms with Gasteiger partial charge < -0.3 is 9.84 Å². The molecule has 0 unspecified atom stereocenters. The molecule has 4 aromatic carbocycles. The number of nitro benzene ring substituents is 1. The Morgan fingerprint density at radius 2 is 1.58 bits per heavy atom. The van der Waals surface area contributed by atoms with Gasteiger partial charge in [0.2, 0.25) is 0 Å². The average molecular weight is 415 g/mol. The molecule has 0 bridgehead atoms. The number of phenolic OH excluding ortho intramolecular Hbond substituents is 1. The highest BCUT2D eigenvalue weighted by Crippen LogP contribution is 2.45. The molecule has 0 saturated heterocycles. The first-order chi connectivity index (χ1) is 14.7. The Morgan fingerprint density at radius 1 is 0.903 bits per heavy atom. The predicted octanol–water partition coefficient (Wildman–Crippen LogP) is 6.23. The predicted molar refractivity (Wildman–Crippen MR) is 120 cm³/mol. The van der Waals surface area contributed by atoms with Gasteiger partial charge in [-0.25, -0.2) is 0 Å².